The van der Waals surface area contributed by atoms with Crippen LogP contribution in [0.5, 0.6) is 0 Å². The summed E-state index contributed by atoms with van der Waals surface area (Å²) in [7, 11) is 0. The molecule has 35 heavy (non-hydrogen) atoms. The molecule has 0 unspecified atom stereocenters. The van der Waals surface area contributed by atoms with E-state index in [1.54, 1.807) is 24.3 Å². The maximum absolute atomic E-state index is 13.3. The lowest BCUT2D eigenvalue weighted by Crippen LogP contribution is -2.54. The smallest absolute Gasteiger partial charge is 0.318 e. The standard InChI is InChI=1S/C28H28BrN3O3/c1-5-6-7-20-8-10-22(11-9-20)31-18(3)15-21(19(31)4)16-24-26(33)30-28(35)32(27(24)34)23-12-13-25(29)17(2)14-23/h8-16H,5-7H2,1-4H3,(H,30,33,35)/b24-16+. The molecule has 1 aromatic heterocycles. The van der Waals surface area contributed by atoms with Crippen LogP contribution in [0.15, 0.2) is 58.6 Å². The van der Waals surface area contributed by atoms with Gasteiger partial charge >= 0.3 is 6.03 Å². The van der Waals surface area contributed by atoms with Gasteiger partial charge in [-0.1, -0.05) is 41.4 Å². The van der Waals surface area contributed by atoms with Crippen LogP contribution in [0.2, 0.25) is 0 Å². The highest BCUT2D eigenvalue weighted by Crippen LogP contribution is 2.28. The number of halogens is 1. The second-order valence-electron chi connectivity index (χ2n) is 8.82. The third-order valence-corrected chi connectivity index (χ3v) is 7.17. The van der Waals surface area contributed by atoms with Gasteiger partial charge in [0.2, 0.25) is 0 Å². The summed E-state index contributed by atoms with van der Waals surface area (Å²) >= 11 is 3.43. The maximum Gasteiger partial charge on any atom is 0.335 e. The lowest BCUT2D eigenvalue weighted by molar-refractivity contribution is -0.122. The number of hydrogen-bond donors (Lipinski definition) is 1. The predicted octanol–water partition coefficient (Wildman–Crippen LogP) is 6.17. The van der Waals surface area contributed by atoms with Crippen LogP contribution in [0.4, 0.5) is 10.5 Å². The molecule has 2 heterocycles. The molecule has 0 spiro atoms. The highest BCUT2D eigenvalue weighted by Gasteiger charge is 2.37. The van der Waals surface area contributed by atoms with E-state index in [0.29, 0.717) is 5.69 Å². The monoisotopic (exact) mass is 533 g/mol. The zero-order chi connectivity index (χ0) is 25.3. The number of barbiturate groups is 1. The zero-order valence-corrected chi connectivity index (χ0v) is 21.9. The third-order valence-electron chi connectivity index (χ3n) is 6.29. The lowest BCUT2D eigenvalue weighted by atomic mass is 10.1. The number of rotatable bonds is 6. The fourth-order valence-corrected chi connectivity index (χ4v) is 4.59. The summed E-state index contributed by atoms with van der Waals surface area (Å²) in [6.07, 6.45) is 4.94. The van der Waals surface area contributed by atoms with E-state index in [1.165, 1.54) is 5.56 Å². The first-order chi connectivity index (χ1) is 16.7. The molecule has 4 rings (SSSR count). The van der Waals surface area contributed by atoms with E-state index in [0.717, 1.165) is 56.8 Å². The van der Waals surface area contributed by atoms with E-state index < -0.39 is 17.8 Å². The first kappa shape index (κ1) is 24.7. The quantitative estimate of drug-likeness (QED) is 0.304. The van der Waals surface area contributed by atoms with Crippen LogP contribution < -0.4 is 10.2 Å². The molecule has 1 saturated heterocycles. The molecule has 6 nitrogen and oxygen atoms in total. The van der Waals surface area contributed by atoms with Crippen LogP contribution in [0, 0.1) is 20.8 Å². The van der Waals surface area contributed by atoms with Gasteiger partial charge in [-0.25, -0.2) is 9.69 Å². The number of carbonyl (C=O) groups excluding carboxylic acids is 3. The van der Waals surface area contributed by atoms with E-state index >= 15 is 0 Å². The molecule has 1 fully saturated rings. The molecule has 7 heteroatoms. The van der Waals surface area contributed by atoms with Gasteiger partial charge in [-0.3, -0.25) is 14.9 Å². The Morgan fingerprint density at radius 3 is 2.29 bits per heavy atom. The Morgan fingerprint density at radius 1 is 0.943 bits per heavy atom. The van der Waals surface area contributed by atoms with Crippen molar-refractivity contribution in [2.75, 3.05) is 4.90 Å². The molecule has 180 valence electrons. The first-order valence-electron chi connectivity index (χ1n) is 11.7. The SMILES string of the molecule is CCCCc1ccc(-n2c(C)cc(/C=C3\C(=O)NC(=O)N(c4ccc(Br)c(C)c4)C3=O)c2C)cc1. The fourth-order valence-electron chi connectivity index (χ4n) is 4.34. The van der Waals surface area contributed by atoms with Gasteiger partial charge in [0.25, 0.3) is 11.8 Å². The molecule has 0 atom stereocenters. The van der Waals surface area contributed by atoms with Gasteiger partial charge in [0.1, 0.15) is 5.57 Å². The van der Waals surface area contributed by atoms with E-state index in [9.17, 15) is 14.4 Å². The fraction of sp³-hybridized carbons (Fsp3) is 0.250. The van der Waals surface area contributed by atoms with Gasteiger partial charge in [0.15, 0.2) is 0 Å². The van der Waals surface area contributed by atoms with Crippen molar-refractivity contribution in [2.45, 2.75) is 47.0 Å². The number of unbranched alkanes of at least 4 members (excludes halogenated alkanes) is 1. The number of aromatic nitrogens is 1. The summed E-state index contributed by atoms with van der Waals surface area (Å²) < 4.78 is 2.96. The minimum absolute atomic E-state index is 0.0830. The number of aryl methyl sites for hydroxylation is 3. The first-order valence-corrected chi connectivity index (χ1v) is 12.5. The molecule has 1 aliphatic heterocycles. The normalized spacial score (nSPS) is 15.2. The summed E-state index contributed by atoms with van der Waals surface area (Å²) in [4.78, 5) is 39.5. The molecule has 3 aromatic rings. The summed E-state index contributed by atoms with van der Waals surface area (Å²) in [5.74, 6) is -1.35. The lowest BCUT2D eigenvalue weighted by Gasteiger charge is -2.26. The minimum atomic E-state index is -0.757. The Balaban J connectivity index is 1.69. The molecule has 0 bridgehead atoms. The zero-order valence-electron chi connectivity index (χ0n) is 20.3. The summed E-state index contributed by atoms with van der Waals surface area (Å²) in [6, 6.07) is 14.8. The molecule has 4 amide bonds. The number of urea groups is 1. The summed E-state index contributed by atoms with van der Waals surface area (Å²) in [5.41, 5.74) is 6.15. The van der Waals surface area contributed by atoms with Gasteiger partial charge in [-0.05, 0) is 92.8 Å². The number of carbonyl (C=O) groups is 3. The van der Waals surface area contributed by atoms with E-state index in [4.69, 9.17) is 0 Å². The number of nitrogens with zero attached hydrogens (tertiary/aromatic N) is 2. The van der Waals surface area contributed by atoms with Crippen molar-refractivity contribution in [3.05, 3.63) is 86.7 Å². The highest BCUT2D eigenvalue weighted by atomic mass is 79.9. The van der Waals surface area contributed by atoms with Crippen LogP contribution in [0.1, 0.15) is 47.8 Å². The topological polar surface area (TPSA) is 71.4 Å². The largest absolute Gasteiger partial charge is 0.335 e. The average molecular weight is 534 g/mol. The number of benzene rings is 2. The van der Waals surface area contributed by atoms with Crippen molar-refractivity contribution in [3.8, 4) is 5.69 Å². The molecule has 1 aliphatic rings. The molecule has 0 aliphatic carbocycles. The Labute approximate surface area is 213 Å². The Hall–Kier alpha value is -3.45. The second-order valence-corrected chi connectivity index (χ2v) is 9.68. The van der Waals surface area contributed by atoms with Crippen molar-refractivity contribution in [2.24, 2.45) is 0 Å². The van der Waals surface area contributed by atoms with Crippen molar-refractivity contribution in [1.82, 2.24) is 9.88 Å². The Kier molecular flexibility index (Phi) is 7.08. The van der Waals surface area contributed by atoms with Gasteiger partial charge in [0.05, 0.1) is 5.69 Å². The van der Waals surface area contributed by atoms with Crippen LogP contribution in [-0.4, -0.2) is 22.4 Å². The van der Waals surface area contributed by atoms with Crippen LogP contribution >= 0.6 is 15.9 Å². The summed E-state index contributed by atoms with van der Waals surface area (Å²) in [6.45, 7) is 8.00. The number of nitrogens with one attached hydrogen (secondary N) is 1. The molecule has 1 N–H and O–H groups in total. The van der Waals surface area contributed by atoms with Crippen molar-refractivity contribution < 1.29 is 14.4 Å². The Bertz CT molecular complexity index is 1350. The third kappa shape index (κ3) is 4.86. The second kappa shape index (κ2) is 10.0. The van der Waals surface area contributed by atoms with Crippen LogP contribution in [-0.2, 0) is 16.0 Å². The van der Waals surface area contributed by atoms with Gasteiger partial charge in [-0.2, -0.15) is 0 Å². The van der Waals surface area contributed by atoms with Crippen LogP contribution in [0.3, 0.4) is 0 Å². The van der Waals surface area contributed by atoms with E-state index in [1.807, 2.05) is 26.8 Å². The van der Waals surface area contributed by atoms with Gasteiger partial charge in [0, 0.05) is 21.5 Å². The number of hydrogen-bond acceptors (Lipinski definition) is 3. The maximum atomic E-state index is 13.3. The van der Waals surface area contributed by atoms with Crippen molar-refractivity contribution in [1.29, 1.82) is 0 Å². The molecule has 0 saturated carbocycles. The Morgan fingerprint density at radius 2 is 1.63 bits per heavy atom. The minimum Gasteiger partial charge on any atom is -0.318 e. The highest BCUT2D eigenvalue weighted by molar-refractivity contribution is 9.10. The molecule has 0 radical (unpaired) electrons. The van der Waals surface area contributed by atoms with E-state index in [2.05, 4.69) is 57.0 Å². The summed E-state index contributed by atoms with van der Waals surface area (Å²) in [5, 5.41) is 2.30. The molecular weight excluding hydrogens is 506 g/mol. The predicted molar refractivity (Wildman–Crippen MR) is 142 cm³/mol. The van der Waals surface area contributed by atoms with Gasteiger partial charge in [-0.15, -0.1) is 0 Å². The molecular formula is C28H28BrN3O3. The van der Waals surface area contributed by atoms with Crippen molar-refractivity contribution >= 4 is 45.5 Å². The number of imide groups is 2. The molecule has 2 aromatic carbocycles. The van der Waals surface area contributed by atoms with Crippen molar-refractivity contribution in [3.63, 3.8) is 0 Å². The van der Waals surface area contributed by atoms with Crippen LogP contribution in [0.25, 0.3) is 11.8 Å². The average Bonchev–Trinajstić information content (AvgIpc) is 3.10. The van der Waals surface area contributed by atoms with E-state index in [-0.39, 0.29) is 5.57 Å². The number of amides is 4. The number of anilines is 1. The van der Waals surface area contributed by atoms with Gasteiger partial charge < -0.3 is 4.57 Å².